The molecule has 7 nitrogen and oxygen atoms in total. The molecule has 5 heterocycles. The van der Waals surface area contributed by atoms with Crippen molar-refractivity contribution in [3.63, 3.8) is 0 Å². The van der Waals surface area contributed by atoms with E-state index in [-0.39, 0.29) is 29.2 Å². The van der Waals surface area contributed by atoms with E-state index in [2.05, 4.69) is 20.0 Å². The maximum Gasteiger partial charge on any atom is 0.419 e. The molecule has 3 aliphatic heterocycles. The SMILES string of the molecule is OCC(F)(F)OC(c1ccc(-c2nccs2)c2oc(N3CC4CC(C3)N4)nc12)C(F)(F)F. The minimum absolute atomic E-state index is 0.00446. The Morgan fingerprint density at radius 3 is 2.56 bits per heavy atom. The standard InChI is InChI=1S/C19H17F5N4O3S/c20-18(21,8-29)31-15(19(22,23)24)11-1-2-12(16-25-3-4-32-16)14-13(11)27-17(30-14)28-6-9-5-10(7-28)26-9/h1-4,9-10,15,26,29H,5-8H2. The number of hydrogen-bond acceptors (Lipinski definition) is 8. The molecule has 2 aromatic heterocycles. The fraction of sp³-hybridized carbons (Fsp3) is 0.474. The van der Waals surface area contributed by atoms with Crippen LogP contribution in [0.25, 0.3) is 21.7 Å². The Labute approximate surface area is 181 Å². The van der Waals surface area contributed by atoms with Crippen LogP contribution < -0.4 is 10.2 Å². The average Bonchev–Trinajstić information content (AvgIpc) is 3.41. The summed E-state index contributed by atoms with van der Waals surface area (Å²) in [6.07, 6.45) is -10.1. The first-order valence-electron chi connectivity index (χ1n) is 9.72. The van der Waals surface area contributed by atoms with Gasteiger partial charge in [0.2, 0.25) is 0 Å². The summed E-state index contributed by atoms with van der Waals surface area (Å²) < 4.78 is 78.5. The number of anilines is 1. The van der Waals surface area contributed by atoms with Crippen LogP contribution in [-0.2, 0) is 4.74 Å². The lowest BCUT2D eigenvalue weighted by Gasteiger charge is -2.47. The van der Waals surface area contributed by atoms with Crippen LogP contribution in [0, 0.1) is 0 Å². The van der Waals surface area contributed by atoms with E-state index in [9.17, 15) is 22.0 Å². The molecular weight excluding hydrogens is 459 g/mol. The Balaban J connectivity index is 1.64. The van der Waals surface area contributed by atoms with Gasteiger partial charge in [0.1, 0.15) is 17.1 Å². The highest BCUT2D eigenvalue weighted by Crippen LogP contribution is 2.45. The van der Waals surface area contributed by atoms with Crippen LogP contribution >= 0.6 is 11.3 Å². The van der Waals surface area contributed by atoms with E-state index in [1.165, 1.54) is 23.6 Å². The second kappa shape index (κ2) is 7.61. The molecule has 0 aliphatic carbocycles. The van der Waals surface area contributed by atoms with Crippen LogP contribution in [0.4, 0.5) is 28.0 Å². The topological polar surface area (TPSA) is 83.7 Å². The van der Waals surface area contributed by atoms with Crippen LogP contribution in [0.15, 0.2) is 28.1 Å². The van der Waals surface area contributed by atoms with Gasteiger partial charge in [-0.3, -0.25) is 0 Å². The molecule has 3 aliphatic rings. The molecule has 0 saturated carbocycles. The van der Waals surface area contributed by atoms with E-state index in [4.69, 9.17) is 9.52 Å². The summed E-state index contributed by atoms with van der Waals surface area (Å²) in [5.41, 5.74) is -0.468. The number of piperidine rings is 1. The minimum Gasteiger partial charge on any atom is -0.423 e. The van der Waals surface area contributed by atoms with Gasteiger partial charge in [0.25, 0.3) is 6.01 Å². The first-order valence-corrected chi connectivity index (χ1v) is 10.6. The molecule has 3 atom stereocenters. The number of halogens is 5. The zero-order chi connectivity index (χ0) is 22.7. The Morgan fingerprint density at radius 1 is 1.25 bits per heavy atom. The van der Waals surface area contributed by atoms with E-state index < -0.39 is 30.6 Å². The summed E-state index contributed by atoms with van der Waals surface area (Å²) in [6.45, 7) is -0.770. The normalized spacial score (nSPS) is 22.2. The van der Waals surface area contributed by atoms with Crippen LogP contribution in [0.5, 0.6) is 0 Å². The highest BCUT2D eigenvalue weighted by atomic mass is 32.1. The highest BCUT2D eigenvalue weighted by molar-refractivity contribution is 7.13. The molecule has 0 amide bonds. The quantitative estimate of drug-likeness (QED) is 0.525. The summed E-state index contributed by atoms with van der Waals surface area (Å²) in [6, 6.07) is 2.93. The smallest absolute Gasteiger partial charge is 0.419 e. The second-order valence-corrected chi connectivity index (χ2v) is 8.64. The van der Waals surface area contributed by atoms with Gasteiger partial charge in [0.05, 0.1) is 5.56 Å². The first kappa shape index (κ1) is 21.5. The largest absolute Gasteiger partial charge is 0.423 e. The monoisotopic (exact) mass is 476 g/mol. The number of fused-ring (bicyclic) bond motifs is 3. The van der Waals surface area contributed by atoms with Crippen LogP contribution in [0.3, 0.4) is 0 Å². The molecule has 1 aromatic carbocycles. The third-order valence-electron chi connectivity index (χ3n) is 5.47. The molecule has 172 valence electrons. The number of alkyl halides is 5. The molecule has 3 fully saturated rings. The molecular formula is C19H17F5N4O3S. The molecule has 3 unspecified atom stereocenters. The number of nitrogens with zero attached hydrogens (tertiary/aromatic N) is 3. The van der Waals surface area contributed by atoms with E-state index in [1.54, 1.807) is 5.38 Å². The van der Waals surface area contributed by atoms with Gasteiger partial charge in [-0.25, -0.2) is 4.98 Å². The highest BCUT2D eigenvalue weighted by Gasteiger charge is 2.49. The predicted molar refractivity (Wildman–Crippen MR) is 105 cm³/mol. The lowest BCUT2D eigenvalue weighted by molar-refractivity contribution is -0.337. The van der Waals surface area contributed by atoms with Gasteiger partial charge in [-0.2, -0.15) is 26.9 Å². The van der Waals surface area contributed by atoms with Crippen LogP contribution in [0.2, 0.25) is 0 Å². The second-order valence-electron chi connectivity index (χ2n) is 7.75. The van der Waals surface area contributed by atoms with E-state index >= 15 is 0 Å². The van der Waals surface area contributed by atoms with Gasteiger partial charge in [-0.15, -0.1) is 11.3 Å². The number of thiazole rings is 1. The molecule has 13 heteroatoms. The average molecular weight is 476 g/mol. The molecule has 0 spiro atoms. The minimum atomic E-state index is -5.19. The zero-order valence-corrected chi connectivity index (χ0v) is 17.1. The molecule has 2 N–H and O–H groups in total. The molecule has 6 rings (SSSR count). The number of hydrogen-bond donors (Lipinski definition) is 2. The lowest BCUT2D eigenvalue weighted by atomic mass is 9.92. The van der Waals surface area contributed by atoms with Crippen molar-refractivity contribution < 1.29 is 36.2 Å². The molecule has 2 bridgehead atoms. The van der Waals surface area contributed by atoms with Crippen molar-refractivity contribution >= 4 is 28.5 Å². The molecule has 3 aromatic rings. The maximum absolute atomic E-state index is 13.8. The van der Waals surface area contributed by atoms with Crippen LogP contribution in [0.1, 0.15) is 18.1 Å². The molecule has 32 heavy (non-hydrogen) atoms. The van der Waals surface area contributed by atoms with E-state index in [0.29, 0.717) is 23.7 Å². The Bertz CT molecular complexity index is 1100. The van der Waals surface area contributed by atoms with E-state index in [1.807, 2.05) is 4.90 Å². The number of aliphatic hydroxyl groups excluding tert-OH is 1. The van der Waals surface area contributed by atoms with Gasteiger partial charge in [0.15, 0.2) is 11.7 Å². The Hall–Kier alpha value is -2.35. The number of nitrogens with one attached hydrogen (secondary N) is 1. The number of ether oxygens (including phenoxy) is 1. The van der Waals surface area contributed by atoms with Gasteiger partial charge in [-0.05, 0) is 12.5 Å². The number of aromatic nitrogens is 2. The van der Waals surface area contributed by atoms with Crippen LogP contribution in [-0.4, -0.2) is 59.1 Å². The zero-order valence-electron chi connectivity index (χ0n) is 16.3. The lowest BCUT2D eigenvalue weighted by Crippen LogP contribution is -2.67. The summed E-state index contributed by atoms with van der Waals surface area (Å²) in [5.74, 6) is 0. The van der Waals surface area contributed by atoms with Crippen molar-refractivity contribution in [3.8, 4) is 10.6 Å². The van der Waals surface area contributed by atoms with Crippen molar-refractivity contribution in [2.24, 2.45) is 0 Å². The summed E-state index contributed by atoms with van der Waals surface area (Å²) in [7, 11) is 0. The van der Waals surface area contributed by atoms with E-state index in [0.717, 1.165) is 12.5 Å². The summed E-state index contributed by atoms with van der Waals surface area (Å²) >= 11 is 1.25. The number of oxazole rings is 1. The summed E-state index contributed by atoms with van der Waals surface area (Å²) in [5, 5.41) is 14.3. The fourth-order valence-corrected chi connectivity index (χ4v) is 4.73. The predicted octanol–water partition coefficient (Wildman–Crippen LogP) is 3.71. The Morgan fingerprint density at radius 2 is 1.97 bits per heavy atom. The van der Waals surface area contributed by atoms with Crippen molar-refractivity contribution in [1.29, 1.82) is 0 Å². The fourth-order valence-electron chi connectivity index (χ4n) is 4.07. The van der Waals surface area contributed by atoms with Crippen molar-refractivity contribution in [2.75, 3.05) is 24.6 Å². The van der Waals surface area contributed by atoms with Gasteiger partial charge >= 0.3 is 12.3 Å². The van der Waals surface area contributed by atoms with Crippen molar-refractivity contribution in [1.82, 2.24) is 15.3 Å². The van der Waals surface area contributed by atoms with Gasteiger partial charge in [-0.1, -0.05) is 6.07 Å². The molecule has 0 radical (unpaired) electrons. The summed E-state index contributed by atoms with van der Waals surface area (Å²) in [4.78, 5) is 10.3. The third kappa shape index (κ3) is 3.83. The van der Waals surface area contributed by atoms with Gasteiger partial charge < -0.3 is 24.5 Å². The van der Waals surface area contributed by atoms with Crippen molar-refractivity contribution in [2.45, 2.75) is 36.9 Å². The number of piperazine rings is 1. The number of benzene rings is 1. The molecule has 3 saturated heterocycles. The Kier molecular flexibility index (Phi) is 5.11. The maximum atomic E-state index is 13.8. The third-order valence-corrected chi connectivity index (χ3v) is 6.28. The van der Waals surface area contributed by atoms with Crippen molar-refractivity contribution in [3.05, 3.63) is 29.3 Å². The first-order chi connectivity index (χ1) is 15.1. The number of rotatable bonds is 6. The van der Waals surface area contributed by atoms with Gasteiger partial charge in [0, 0.05) is 42.3 Å². The number of aliphatic hydroxyl groups is 1.